The number of rotatable bonds is 4. The Bertz CT molecular complexity index is 928. The van der Waals surface area contributed by atoms with Gasteiger partial charge in [-0.05, 0) is 25.7 Å². The minimum absolute atomic E-state index is 0.0152. The van der Waals surface area contributed by atoms with Crippen LogP contribution in [0.3, 0.4) is 0 Å². The van der Waals surface area contributed by atoms with Gasteiger partial charge in [0.25, 0.3) is 5.91 Å². The van der Waals surface area contributed by atoms with Crippen LogP contribution in [-0.4, -0.2) is 51.1 Å². The van der Waals surface area contributed by atoms with E-state index in [0.717, 1.165) is 4.68 Å². The van der Waals surface area contributed by atoms with Gasteiger partial charge in [0.1, 0.15) is 11.6 Å². The average molecular weight is 439 g/mol. The van der Waals surface area contributed by atoms with Crippen molar-refractivity contribution in [2.75, 3.05) is 18.4 Å². The van der Waals surface area contributed by atoms with E-state index in [1.807, 2.05) is 20.8 Å². The number of piperidine rings is 1. The number of nitrogens with zero attached hydrogens (tertiary/aromatic N) is 4. The Balaban J connectivity index is 1.45. The second kappa shape index (κ2) is 8.20. The second-order valence-corrected chi connectivity index (χ2v) is 8.78. The van der Waals surface area contributed by atoms with Crippen LogP contribution in [0.15, 0.2) is 16.7 Å². The van der Waals surface area contributed by atoms with Crippen LogP contribution in [0.2, 0.25) is 0 Å². The van der Waals surface area contributed by atoms with Gasteiger partial charge in [0, 0.05) is 43.1 Å². The molecular weight excluding hydrogens is 411 g/mol. The quantitative estimate of drug-likeness (QED) is 0.747. The van der Waals surface area contributed by atoms with E-state index in [0.29, 0.717) is 55.3 Å². The molecule has 2 atom stereocenters. The van der Waals surface area contributed by atoms with Gasteiger partial charge < -0.3 is 14.7 Å². The molecule has 0 saturated carbocycles. The van der Waals surface area contributed by atoms with Gasteiger partial charge in [-0.2, -0.15) is 18.3 Å². The third-order valence-corrected chi connectivity index (χ3v) is 6.30. The Labute approximate surface area is 178 Å². The molecule has 0 bridgehead atoms. The summed E-state index contributed by atoms with van der Waals surface area (Å²) in [7, 11) is 0. The van der Waals surface area contributed by atoms with Crippen molar-refractivity contribution in [3.63, 3.8) is 0 Å². The van der Waals surface area contributed by atoms with Crippen molar-refractivity contribution in [3.05, 3.63) is 29.3 Å². The lowest BCUT2D eigenvalue weighted by Crippen LogP contribution is -2.39. The molecule has 1 N–H and O–H groups in total. The molecule has 2 aromatic heterocycles. The molecule has 2 aliphatic rings. The summed E-state index contributed by atoms with van der Waals surface area (Å²) in [5, 5.41) is 11.4. The van der Waals surface area contributed by atoms with Crippen molar-refractivity contribution in [1.29, 1.82) is 0 Å². The summed E-state index contributed by atoms with van der Waals surface area (Å²) in [6.07, 6.45) is -2.45. The number of halogens is 3. The molecule has 0 radical (unpaired) electrons. The fourth-order valence-corrected chi connectivity index (χ4v) is 4.34. The van der Waals surface area contributed by atoms with Gasteiger partial charge in [-0.3, -0.25) is 4.79 Å². The van der Waals surface area contributed by atoms with Gasteiger partial charge in [0.15, 0.2) is 11.7 Å². The molecule has 0 aliphatic carbocycles. The maximum atomic E-state index is 13.6. The number of nitrogens with one attached hydrogen (secondary N) is 1. The van der Waals surface area contributed by atoms with Crippen LogP contribution in [-0.2, 0) is 0 Å². The van der Waals surface area contributed by atoms with Gasteiger partial charge in [0.2, 0.25) is 0 Å². The fourth-order valence-electron chi connectivity index (χ4n) is 4.34. The number of aromatic nitrogens is 3. The summed E-state index contributed by atoms with van der Waals surface area (Å²) in [6, 6.07) is 1.60. The Morgan fingerprint density at radius 3 is 2.58 bits per heavy atom. The molecule has 0 aromatic carbocycles. The molecule has 7 nitrogen and oxygen atoms in total. The number of amides is 1. The summed E-state index contributed by atoms with van der Waals surface area (Å²) in [6.45, 7) is 6.81. The molecule has 170 valence electrons. The standard InChI is InChI=1S/C21H28F3N5O2/c1-4-14-9-18(21(22,23)24)29-19(25-14)11-15(26-29)13-5-7-28(8-6-13)20(30)16-10-17(12(2)3)31-27-16/h10-14,18,25H,4-9H2,1-3H3/t14-,18-/m1/s1. The first-order chi connectivity index (χ1) is 14.7. The Hall–Kier alpha value is -2.52. The van der Waals surface area contributed by atoms with E-state index in [1.54, 1.807) is 17.0 Å². The molecule has 10 heteroatoms. The summed E-state index contributed by atoms with van der Waals surface area (Å²) in [5.41, 5.74) is 0.951. The Morgan fingerprint density at radius 2 is 2.00 bits per heavy atom. The Kier molecular flexibility index (Phi) is 5.74. The molecule has 2 aromatic rings. The number of hydrogen-bond acceptors (Lipinski definition) is 5. The van der Waals surface area contributed by atoms with Crippen LogP contribution >= 0.6 is 0 Å². The van der Waals surface area contributed by atoms with E-state index < -0.39 is 12.2 Å². The zero-order chi connectivity index (χ0) is 22.3. The smallest absolute Gasteiger partial charge is 0.367 e. The molecule has 1 saturated heterocycles. The van der Waals surface area contributed by atoms with Gasteiger partial charge >= 0.3 is 6.18 Å². The van der Waals surface area contributed by atoms with Crippen LogP contribution in [0, 0.1) is 0 Å². The van der Waals surface area contributed by atoms with E-state index in [9.17, 15) is 18.0 Å². The minimum atomic E-state index is -4.34. The van der Waals surface area contributed by atoms with Crippen molar-refractivity contribution < 1.29 is 22.5 Å². The maximum Gasteiger partial charge on any atom is 0.410 e. The van der Waals surface area contributed by atoms with E-state index in [2.05, 4.69) is 15.6 Å². The zero-order valence-electron chi connectivity index (χ0n) is 17.9. The number of hydrogen-bond donors (Lipinski definition) is 1. The monoisotopic (exact) mass is 439 g/mol. The zero-order valence-corrected chi connectivity index (χ0v) is 17.9. The second-order valence-electron chi connectivity index (χ2n) is 8.78. The lowest BCUT2D eigenvalue weighted by atomic mass is 9.93. The molecule has 4 rings (SSSR count). The lowest BCUT2D eigenvalue weighted by Gasteiger charge is -2.32. The molecule has 1 amide bonds. The van der Waals surface area contributed by atoms with Gasteiger partial charge in [-0.25, -0.2) is 4.68 Å². The van der Waals surface area contributed by atoms with Gasteiger partial charge in [0.05, 0.1) is 5.69 Å². The number of fused-ring (bicyclic) bond motifs is 1. The Morgan fingerprint density at radius 1 is 1.29 bits per heavy atom. The van der Waals surface area contributed by atoms with Gasteiger partial charge in [-0.15, -0.1) is 0 Å². The van der Waals surface area contributed by atoms with Crippen molar-refractivity contribution in [1.82, 2.24) is 19.8 Å². The number of likely N-dealkylation sites (tertiary alicyclic amines) is 1. The highest BCUT2D eigenvalue weighted by Gasteiger charge is 2.46. The molecule has 0 spiro atoms. The van der Waals surface area contributed by atoms with E-state index >= 15 is 0 Å². The highest BCUT2D eigenvalue weighted by molar-refractivity contribution is 5.92. The molecule has 0 unspecified atom stereocenters. The summed E-state index contributed by atoms with van der Waals surface area (Å²) < 4.78 is 47.1. The van der Waals surface area contributed by atoms with Crippen molar-refractivity contribution in [2.45, 2.75) is 76.6 Å². The van der Waals surface area contributed by atoms with Gasteiger partial charge in [-0.1, -0.05) is 25.9 Å². The van der Waals surface area contributed by atoms with Crippen LogP contribution in [0.4, 0.5) is 19.0 Å². The lowest BCUT2D eigenvalue weighted by molar-refractivity contribution is -0.173. The summed E-state index contributed by atoms with van der Waals surface area (Å²) in [5.74, 6) is 1.08. The van der Waals surface area contributed by atoms with Crippen molar-refractivity contribution >= 4 is 11.7 Å². The molecule has 31 heavy (non-hydrogen) atoms. The first kappa shape index (κ1) is 21.7. The topological polar surface area (TPSA) is 76.2 Å². The molecule has 1 fully saturated rings. The minimum Gasteiger partial charge on any atom is -0.367 e. The van der Waals surface area contributed by atoms with E-state index in [4.69, 9.17) is 4.52 Å². The number of carbonyl (C=O) groups excluding carboxylic acids is 1. The molecular formula is C21H28F3N5O2. The highest BCUT2D eigenvalue weighted by Crippen LogP contribution is 2.41. The number of alkyl halides is 3. The number of anilines is 1. The largest absolute Gasteiger partial charge is 0.410 e. The first-order valence-electron chi connectivity index (χ1n) is 10.9. The fraction of sp³-hybridized carbons (Fsp3) is 0.667. The van der Waals surface area contributed by atoms with Crippen molar-refractivity contribution in [3.8, 4) is 0 Å². The molecule has 4 heterocycles. The van der Waals surface area contributed by atoms with Crippen LogP contribution in [0.5, 0.6) is 0 Å². The normalized spacial score (nSPS) is 22.5. The third-order valence-electron chi connectivity index (χ3n) is 6.30. The highest BCUT2D eigenvalue weighted by atomic mass is 19.4. The van der Waals surface area contributed by atoms with Crippen LogP contribution < -0.4 is 5.32 Å². The first-order valence-corrected chi connectivity index (χ1v) is 10.9. The predicted molar refractivity (Wildman–Crippen MR) is 108 cm³/mol. The predicted octanol–water partition coefficient (Wildman–Crippen LogP) is 4.71. The number of carbonyl (C=O) groups is 1. The third kappa shape index (κ3) is 4.29. The van der Waals surface area contributed by atoms with Crippen LogP contribution in [0.1, 0.15) is 86.3 Å². The average Bonchev–Trinajstić information content (AvgIpc) is 3.39. The van der Waals surface area contributed by atoms with E-state index in [1.165, 1.54) is 0 Å². The summed E-state index contributed by atoms with van der Waals surface area (Å²) in [4.78, 5) is 14.4. The maximum absolute atomic E-state index is 13.6. The van der Waals surface area contributed by atoms with Crippen LogP contribution in [0.25, 0.3) is 0 Å². The molecule has 2 aliphatic heterocycles. The van der Waals surface area contributed by atoms with Crippen molar-refractivity contribution in [2.24, 2.45) is 0 Å². The SMILES string of the molecule is CC[C@@H]1C[C@H](C(F)(F)F)n2nc(C3CCN(C(=O)c4cc(C(C)C)on4)CC3)cc2N1. The summed E-state index contributed by atoms with van der Waals surface area (Å²) >= 11 is 0. The van der Waals surface area contributed by atoms with E-state index in [-0.39, 0.29) is 30.2 Å².